The fourth-order valence-corrected chi connectivity index (χ4v) is 3.71. The van der Waals surface area contributed by atoms with Crippen molar-refractivity contribution in [2.45, 2.75) is 53.0 Å². The molecule has 138 valence electrons. The number of carbonyl (C=O) groups excluding carboxylic acids is 2. The van der Waals surface area contributed by atoms with E-state index in [1.54, 1.807) is 17.8 Å². The van der Waals surface area contributed by atoms with Gasteiger partial charge in [-0.3, -0.25) is 14.3 Å². The predicted molar refractivity (Wildman–Crippen MR) is 97.0 cm³/mol. The molecule has 0 unspecified atom stereocenters. The van der Waals surface area contributed by atoms with Gasteiger partial charge in [0, 0.05) is 36.6 Å². The maximum Gasteiger partial charge on any atom is 0.244 e. The number of carbonyl (C=O) groups is 2. The standard InChI is InChI=1S/C19H25N5O2/c1-12-19(14(3)25)13(2)24(22-12)11-18(26)23-9-6-16(7-10-23)17-5-8-20-15(4)21-17/h5,8,16H,6-7,9-11H2,1-4H3. The molecule has 0 aromatic carbocycles. The van der Waals surface area contributed by atoms with Gasteiger partial charge >= 0.3 is 0 Å². The summed E-state index contributed by atoms with van der Waals surface area (Å²) in [6.07, 6.45) is 3.60. The summed E-state index contributed by atoms with van der Waals surface area (Å²) in [5.74, 6) is 1.19. The van der Waals surface area contributed by atoms with E-state index >= 15 is 0 Å². The summed E-state index contributed by atoms with van der Waals surface area (Å²) in [4.78, 5) is 34.9. The van der Waals surface area contributed by atoms with Crippen LogP contribution in [0.3, 0.4) is 0 Å². The maximum absolute atomic E-state index is 12.7. The monoisotopic (exact) mass is 355 g/mol. The third-order valence-corrected chi connectivity index (χ3v) is 5.08. The molecule has 0 saturated carbocycles. The van der Waals surface area contributed by atoms with Crippen LogP contribution in [0.5, 0.6) is 0 Å². The smallest absolute Gasteiger partial charge is 0.244 e. The van der Waals surface area contributed by atoms with Crippen molar-refractivity contribution in [1.29, 1.82) is 0 Å². The molecule has 2 aromatic rings. The van der Waals surface area contributed by atoms with Crippen LogP contribution in [0, 0.1) is 20.8 Å². The summed E-state index contributed by atoms with van der Waals surface area (Å²) in [5, 5.41) is 4.37. The number of amides is 1. The highest BCUT2D eigenvalue weighted by molar-refractivity contribution is 5.96. The molecule has 7 nitrogen and oxygen atoms in total. The lowest BCUT2D eigenvalue weighted by Gasteiger charge is -2.32. The second-order valence-corrected chi connectivity index (χ2v) is 6.94. The third-order valence-electron chi connectivity index (χ3n) is 5.08. The summed E-state index contributed by atoms with van der Waals surface area (Å²) in [6.45, 7) is 8.68. The van der Waals surface area contributed by atoms with Gasteiger partial charge in [0.1, 0.15) is 12.4 Å². The van der Waals surface area contributed by atoms with E-state index in [2.05, 4.69) is 15.1 Å². The lowest BCUT2D eigenvalue weighted by atomic mass is 9.93. The number of nitrogens with zero attached hydrogens (tertiary/aromatic N) is 5. The minimum absolute atomic E-state index is 0.0142. The number of piperidine rings is 1. The lowest BCUT2D eigenvalue weighted by Crippen LogP contribution is -2.40. The minimum atomic E-state index is -0.0142. The molecule has 7 heteroatoms. The van der Waals surface area contributed by atoms with Gasteiger partial charge in [-0.2, -0.15) is 5.10 Å². The lowest BCUT2D eigenvalue weighted by molar-refractivity contribution is -0.133. The Morgan fingerprint density at radius 1 is 1.19 bits per heavy atom. The van der Waals surface area contributed by atoms with E-state index in [0.29, 0.717) is 30.3 Å². The van der Waals surface area contributed by atoms with Crippen LogP contribution >= 0.6 is 0 Å². The molecule has 0 atom stereocenters. The topological polar surface area (TPSA) is 81.0 Å². The van der Waals surface area contributed by atoms with Crippen molar-refractivity contribution in [2.24, 2.45) is 0 Å². The van der Waals surface area contributed by atoms with Gasteiger partial charge < -0.3 is 4.90 Å². The van der Waals surface area contributed by atoms with Crippen molar-refractivity contribution >= 4 is 11.7 Å². The average Bonchev–Trinajstić information content (AvgIpc) is 2.88. The normalized spacial score (nSPS) is 15.3. The first-order chi connectivity index (χ1) is 12.4. The molecule has 0 spiro atoms. The molecular weight excluding hydrogens is 330 g/mol. The Morgan fingerprint density at radius 3 is 2.46 bits per heavy atom. The average molecular weight is 355 g/mol. The van der Waals surface area contributed by atoms with Crippen molar-refractivity contribution in [3.8, 4) is 0 Å². The summed E-state index contributed by atoms with van der Waals surface area (Å²) < 4.78 is 1.65. The van der Waals surface area contributed by atoms with E-state index in [4.69, 9.17) is 0 Å². The first-order valence-electron chi connectivity index (χ1n) is 8.99. The van der Waals surface area contributed by atoms with E-state index in [1.807, 2.05) is 24.8 Å². The zero-order valence-electron chi connectivity index (χ0n) is 15.8. The summed E-state index contributed by atoms with van der Waals surface area (Å²) in [6, 6.07) is 1.97. The van der Waals surface area contributed by atoms with Gasteiger partial charge in [-0.15, -0.1) is 0 Å². The van der Waals surface area contributed by atoms with E-state index in [-0.39, 0.29) is 18.2 Å². The maximum atomic E-state index is 12.7. The van der Waals surface area contributed by atoms with Crippen LogP contribution in [0.2, 0.25) is 0 Å². The number of aryl methyl sites for hydroxylation is 2. The van der Waals surface area contributed by atoms with Crippen LogP contribution < -0.4 is 0 Å². The Morgan fingerprint density at radius 2 is 1.88 bits per heavy atom. The molecule has 26 heavy (non-hydrogen) atoms. The van der Waals surface area contributed by atoms with Gasteiger partial charge in [0.05, 0.1) is 11.3 Å². The van der Waals surface area contributed by atoms with Crippen LogP contribution in [0.4, 0.5) is 0 Å². The molecule has 1 fully saturated rings. The predicted octanol–water partition coefficient (Wildman–Crippen LogP) is 2.21. The second-order valence-electron chi connectivity index (χ2n) is 6.94. The van der Waals surface area contributed by atoms with Crippen LogP contribution in [0.1, 0.15) is 58.9 Å². The summed E-state index contributed by atoms with van der Waals surface area (Å²) in [7, 11) is 0. The number of rotatable bonds is 4. The summed E-state index contributed by atoms with van der Waals surface area (Å²) in [5.41, 5.74) is 3.13. The fourth-order valence-electron chi connectivity index (χ4n) is 3.71. The van der Waals surface area contributed by atoms with Crippen molar-refractivity contribution < 1.29 is 9.59 Å². The molecule has 0 radical (unpaired) electrons. The number of ketones is 1. The molecule has 1 amide bonds. The molecule has 0 bridgehead atoms. The van der Waals surface area contributed by atoms with Gasteiger partial charge in [-0.25, -0.2) is 9.97 Å². The van der Waals surface area contributed by atoms with Gasteiger partial charge in [0.15, 0.2) is 5.78 Å². The molecule has 1 aliphatic rings. The Labute approximate surface area is 153 Å². The number of likely N-dealkylation sites (tertiary alicyclic amines) is 1. The van der Waals surface area contributed by atoms with E-state index in [0.717, 1.165) is 30.1 Å². The first-order valence-corrected chi connectivity index (χ1v) is 8.99. The van der Waals surface area contributed by atoms with Crippen molar-refractivity contribution in [3.63, 3.8) is 0 Å². The van der Waals surface area contributed by atoms with Gasteiger partial charge in [-0.05, 0) is 46.6 Å². The van der Waals surface area contributed by atoms with Crippen molar-refractivity contribution in [1.82, 2.24) is 24.6 Å². The zero-order chi connectivity index (χ0) is 18.8. The van der Waals surface area contributed by atoms with Crippen molar-refractivity contribution in [2.75, 3.05) is 13.1 Å². The molecule has 2 aromatic heterocycles. The summed E-state index contributed by atoms with van der Waals surface area (Å²) >= 11 is 0. The highest BCUT2D eigenvalue weighted by atomic mass is 16.2. The minimum Gasteiger partial charge on any atom is -0.341 e. The van der Waals surface area contributed by atoms with Gasteiger partial charge in [0.2, 0.25) is 5.91 Å². The van der Waals surface area contributed by atoms with E-state index in [1.165, 1.54) is 6.92 Å². The molecule has 1 aliphatic heterocycles. The van der Waals surface area contributed by atoms with Crippen LogP contribution in [0.25, 0.3) is 0 Å². The Balaban J connectivity index is 1.62. The van der Waals surface area contributed by atoms with Gasteiger partial charge in [-0.1, -0.05) is 0 Å². The molecule has 3 rings (SSSR count). The Hall–Kier alpha value is -2.57. The zero-order valence-corrected chi connectivity index (χ0v) is 15.8. The highest BCUT2D eigenvalue weighted by Gasteiger charge is 2.26. The number of aromatic nitrogens is 4. The number of Topliss-reactive ketones (excluding diaryl/α,β-unsaturated/α-hetero) is 1. The van der Waals surface area contributed by atoms with Crippen molar-refractivity contribution in [3.05, 3.63) is 40.7 Å². The molecular formula is C19H25N5O2. The second kappa shape index (κ2) is 7.35. The molecule has 0 N–H and O–H groups in total. The SMILES string of the molecule is CC(=O)c1c(C)nn(CC(=O)N2CCC(c3ccnc(C)n3)CC2)c1C. The van der Waals surface area contributed by atoms with Crippen LogP contribution in [0.15, 0.2) is 12.3 Å². The van der Waals surface area contributed by atoms with E-state index in [9.17, 15) is 9.59 Å². The van der Waals surface area contributed by atoms with Crippen LogP contribution in [-0.2, 0) is 11.3 Å². The van der Waals surface area contributed by atoms with Crippen LogP contribution in [-0.4, -0.2) is 49.4 Å². The Kier molecular flexibility index (Phi) is 5.15. The molecule has 0 aliphatic carbocycles. The van der Waals surface area contributed by atoms with Gasteiger partial charge in [0.25, 0.3) is 0 Å². The highest BCUT2D eigenvalue weighted by Crippen LogP contribution is 2.26. The largest absolute Gasteiger partial charge is 0.341 e. The third kappa shape index (κ3) is 3.66. The fraction of sp³-hybridized carbons (Fsp3) is 0.526. The quantitative estimate of drug-likeness (QED) is 0.786. The van der Waals surface area contributed by atoms with E-state index < -0.39 is 0 Å². The molecule has 3 heterocycles. The number of hydrogen-bond donors (Lipinski definition) is 0. The first kappa shape index (κ1) is 18.2. The number of hydrogen-bond acceptors (Lipinski definition) is 5. The molecule has 1 saturated heterocycles. The Bertz CT molecular complexity index is 834.